The van der Waals surface area contributed by atoms with Gasteiger partial charge in [0.2, 0.25) is 0 Å². The molecule has 2 atom stereocenters. The monoisotopic (exact) mass is 302 g/mol. The van der Waals surface area contributed by atoms with Gasteiger partial charge in [0, 0.05) is 25.7 Å². The summed E-state index contributed by atoms with van der Waals surface area (Å²) in [5.74, 6) is 1.53. The zero-order valence-corrected chi connectivity index (χ0v) is 13.3. The zero-order chi connectivity index (χ0) is 15.4. The van der Waals surface area contributed by atoms with Crippen molar-refractivity contribution >= 4 is 6.09 Å². The fourth-order valence-electron chi connectivity index (χ4n) is 3.31. The van der Waals surface area contributed by atoms with Gasteiger partial charge in [-0.2, -0.15) is 0 Å². The van der Waals surface area contributed by atoms with E-state index in [4.69, 9.17) is 4.74 Å². The topological polar surface area (TPSA) is 41.6 Å². The lowest BCUT2D eigenvalue weighted by Gasteiger charge is -2.36. The number of amides is 1. The van der Waals surface area contributed by atoms with Gasteiger partial charge >= 0.3 is 6.09 Å². The standard InChI is InChI=1S/C18H26N2O2/c1-14-9-17(12-20(10-14)11-15-7-8-15)19-18(21)22-13-16-5-3-2-4-6-16/h2-6,14-15,17H,7-13H2,1H3,(H,19,21). The molecule has 4 nitrogen and oxygen atoms in total. The second-order valence-electron chi connectivity index (χ2n) is 6.91. The summed E-state index contributed by atoms with van der Waals surface area (Å²) in [6.45, 7) is 5.92. The summed E-state index contributed by atoms with van der Waals surface area (Å²) < 4.78 is 5.33. The summed E-state index contributed by atoms with van der Waals surface area (Å²) in [7, 11) is 0. The van der Waals surface area contributed by atoms with Crippen LogP contribution in [0.4, 0.5) is 4.79 Å². The smallest absolute Gasteiger partial charge is 0.407 e. The molecule has 0 aromatic heterocycles. The first kappa shape index (κ1) is 15.3. The van der Waals surface area contributed by atoms with Crippen molar-refractivity contribution in [2.45, 2.75) is 38.8 Å². The highest BCUT2D eigenvalue weighted by atomic mass is 16.5. The minimum absolute atomic E-state index is 0.214. The average Bonchev–Trinajstić information content (AvgIpc) is 3.29. The number of alkyl carbamates (subject to hydrolysis) is 1. The Labute approximate surface area is 132 Å². The van der Waals surface area contributed by atoms with Gasteiger partial charge in [0.25, 0.3) is 0 Å². The van der Waals surface area contributed by atoms with Crippen LogP contribution in [0, 0.1) is 11.8 Å². The lowest BCUT2D eigenvalue weighted by atomic mass is 9.96. The summed E-state index contributed by atoms with van der Waals surface area (Å²) in [5.41, 5.74) is 1.02. The highest BCUT2D eigenvalue weighted by Crippen LogP contribution is 2.31. The van der Waals surface area contributed by atoms with E-state index in [1.165, 1.54) is 19.4 Å². The van der Waals surface area contributed by atoms with Crippen LogP contribution < -0.4 is 5.32 Å². The van der Waals surface area contributed by atoms with Gasteiger partial charge in [0.15, 0.2) is 0 Å². The Balaban J connectivity index is 1.43. The van der Waals surface area contributed by atoms with Crippen molar-refractivity contribution in [1.82, 2.24) is 10.2 Å². The number of ether oxygens (including phenoxy) is 1. The molecule has 2 unspecified atom stereocenters. The number of benzene rings is 1. The third kappa shape index (κ3) is 4.73. The van der Waals surface area contributed by atoms with E-state index in [9.17, 15) is 4.79 Å². The van der Waals surface area contributed by atoms with E-state index in [1.54, 1.807) is 0 Å². The Morgan fingerprint density at radius 2 is 2.05 bits per heavy atom. The third-order valence-electron chi connectivity index (χ3n) is 4.48. The molecule has 4 heteroatoms. The van der Waals surface area contributed by atoms with Gasteiger partial charge in [0.05, 0.1) is 0 Å². The lowest BCUT2D eigenvalue weighted by Crippen LogP contribution is -2.50. The lowest BCUT2D eigenvalue weighted by molar-refractivity contribution is 0.112. The first-order chi connectivity index (χ1) is 10.7. The molecule has 0 bridgehead atoms. The van der Waals surface area contributed by atoms with Crippen molar-refractivity contribution in [2.75, 3.05) is 19.6 Å². The van der Waals surface area contributed by atoms with E-state index < -0.39 is 0 Å². The summed E-state index contributed by atoms with van der Waals surface area (Å²) in [6, 6.07) is 10.0. The fourth-order valence-corrected chi connectivity index (χ4v) is 3.31. The maximum atomic E-state index is 12.0. The van der Waals surface area contributed by atoms with E-state index in [1.807, 2.05) is 30.3 Å². The highest BCUT2D eigenvalue weighted by molar-refractivity contribution is 5.67. The molecule has 1 aliphatic carbocycles. The van der Waals surface area contributed by atoms with E-state index in [0.717, 1.165) is 31.0 Å². The number of hydrogen-bond acceptors (Lipinski definition) is 3. The second-order valence-corrected chi connectivity index (χ2v) is 6.91. The number of rotatable bonds is 5. The van der Waals surface area contributed by atoms with Gasteiger partial charge in [-0.1, -0.05) is 37.3 Å². The van der Waals surface area contributed by atoms with Crippen LogP contribution in [-0.2, 0) is 11.3 Å². The van der Waals surface area contributed by atoms with Crippen LogP contribution in [0.25, 0.3) is 0 Å². The molecular weight excluding hydrogens is 276 g/mol. The zero-order valence-electron chi connectivity index (χ0n) is 13.3. The van der Waals surface area contributed by atoms with Crippen LogP contribution in [0.15, 0.2) is 30.3 Å². The molecule has 1 aromatic rings. The molecule has 1 amide bonds. The largest absolute Gasteiger partial charge is 0.445 e. The van der Waals surface area contributed by atoms with Gasteiger partial charge in [0.1, 0.15) is 6.61 Å². The van der Waals surface area contributed by atoms with E-state index >= 15 is 0 Å². The SMILES string of the molecule is CC1CC(NC(=O)OCc2ccccc2)CN(CC2CC2)C1. The Morgan fingerprint density at radius 1 is 1.27 bits per heavy atom. The van der Waals surface area contributed by atoms with Crippen molar-refractivity contribution in [3.05, 3.63) is 35.9 Å². The minimum atomic E-state index is -0.297. The summed E-state index contributed by atoms with van der Waals surface area (Å²) in [6.07, 6.45) is 3.50. The molecule has 0 spiro atoms. The highest BCUT2D eigenvalue weighted by Gasteiger charge is 2.30. The van der Waals surface area contributed by atoms with Crippen molar-refractivity contribution < 1.29 is 9.53 Å². The Bertz CT molecular complexity index is 485. The van der Waals surface area contributed by atoms with Crippen LogP contribution >= 0.6 is 0 Å². The summed E-state index contributed by atoms with van der Waals surface area (Å²) >= 11 is 0. The maximum Gasteiger partial charge on any atom is 0.407 e. The number of carbonyl (C=O) groups excluding carboxylic acids is 1. The van der Waals surface area contributed by atoms with Gasteiger partial charge in [-0.3, -0.25) is 0 Å². The predicted molar refractivity (Wildman–Crippen MR) is 86.5 cm³/mol. The normalized spacial score (nSPS) is 25.7. The molecule has 1 saturated heterocycles. The molecular formula is C18H26N2O2. The minimum Gasteiger partial charge on any atom is -0.445 e. The van der Waals surface area contributed by atoms with Gasteiger partial charge in [-0.15, -0.1) is 0 Å². The van der Waals surface area contributed by atoms with Gasteiger partial charge in [-0.25, -0.2) is 4.79 Å². The molecule has 1 saturated carbocycles. The van der Waals surface area contributed by atoms with Crippen LogP contribution in [0.5, 0.6) is 0 Å². The number of likely N-dealkylation sites (tertiary alicyclic amines) is 1. The number of nitrogens with one attached hydrogen (secondary N) is 1. The van der Waals surface area contributed by atoms with Crippen molar-refractivity contribution in [2.24, 2.45) is 11.8 Å². The Kier molecular flexibility index (Phi) is 4.98. The molecule has 2 aliphatic rings. The molecule has 1 N–H and O–H groups in total. The first-order valence-electron chi connectivity index (χ1n) is 8.38. The number of nitrogens with zero attached hydrogens (tertiary/aromatic N) is 1. The molecule has 2 fully saturated rings. The van der Waals surface area contributed by atoms with Crippen LogP contribution in [0.2, 0.25) is 0 Å². The van der Waals surface area contributed by atoms with Gasteiger partial charge in [-0.05, 0) is 36.7 Å². The number of piperidine rings is 1. The van der Waals surface area contributed by atoms with Gasteiger partial charge < -0.3 is 15.0 Å². The van der Waals surface area contributed by atoms with Crippen LogP contribution in [0.3, 0.4) is 0 Å². The molecule has 22 heavy (non-hydrogen) atoms. The van der Waals surface area contributed by atoms with Crippen molar-refractivity contribution in [3.8, 4) is 0 Å². The maximum absolute atomic E-state index is 12.0. The Hall–Kier alpha value is -1.55. The molecule has 1 heterocycles. The van der Waals surface area contributed by atoms with Crippen LogP contribution in [-0.4, -0.2) is 36.7 Å². The molecule has 1 aliphatic heterocycles. The summed E-state index contributed by atoms with van der Waals surface area (Å²) in [5, 5.41) is 3.04. The molecule has 1 aromatic carbocycles. The fraction of sp³-hybridized carbons (Fsp3) is 0.611. The molecule has 120 valence electrons. The van der Waals surface area contributed by atoms with Crippen molar-refractivity contribution in [3.63, 3.8) is 0 Å². The third-order valence-corrected chi connectivity index (χ3v) is 4.48. The van der Waals surface area contributed by atoms with E-state index in [0.29, 0.717) is 12.5 Å². The van der Waals surface area contributed by atoms with Crippen molar-refractivity contribution in [1.29, 1.82) is 0 Å². The predicted octanol–water partition coefficient (Wildman–Crippen LogP) is 3.03. The summed E-state index contributed by atoms with van der Waals surface area (Å²) in [4.78, 5) is 14.5. The first-order valence-corrected chi connectivity index (χ1v) is 8.38. The van der Waals surface area contributed by atoms with E-state index in [-0.39, 0.29) is 12.1 Å². The second kappa shape index (κ2) is 7.14. The quantitative estimate of drug-likeness (QED) is 0.909. The van der Waals surface area contributed by atoms with Crippen LogP contribution in [0.1, 0.15) is 31.7 Å². The average molecular weight is 302 g/mol. The Morgan fingerprint density at radius 3 is 2.77 bits per heavy atom. The molecule has 3 rings (SSSR count). The number of carbonyl (C=O) groups is 1. The molecule has 0 radical (unpaired) electrons. The van der Waals surface area contributed by atoms with E-state index in [2.05, 4.69) is 17.1 Å². The number of hydrogen-bond donors (Lipinski definition) is 1.